The Labute approximate surface area is 105 Å². The summed E-state index contributed by atoms with van der Waals surface area (Å²) >= 11 is 0. The van der Waals surface area contributed by atoms with Gasteiger partial charge >= 0.3 is 0 Å². The van der Waals surface area contributed by atoms with E-state index in [9.17, 15) is 0 Å². The quantitative estimate of drug-likeness (QED) is 0.742. The molecule has 1 N–H and O–H groups in total. The molecule has 2 rings (SSSR count). The van der Waals surface area contributed by atoms with E-state index in [4.69, 9.17) is 9.47 Å². The number of hydrogen-bond acceptors (Lipinski definition) is 3. The van der Waals surface area contributed by atoms with Gasteiger partial charge in [0.1, 0.15) is 0 Å². The Morgan fingerprint density at radius 1 is 1.29 bits per heavy atom. The van der Waals surface area contributed by atoms with E-state index < -0.39 is 0 Å². The third-order valence-corrected chi connectivity index (χ3v) is 4.01. The summed E-state index contributed by atoms with van der Waals surface area (Å²) in [5, 5.41) is 3.70. The lowest BCUT2D eigenvalue weighted by atomic mass is 9.93. The summed E-state index contributed by atoms with van der Waals surface area (Å²) in [6, 6.07) is 0.640. The molecule has 2 aliphatic rings. The molecule has 0 amide bonds. The van der Waals surface area contributed by atoms with Crippen LogP contribution in [0.5, 0.6) is 0 Å². The fourth-order valence-electron chi connectivity index (χ4n) is 2.94. The molecule has 2 saturated heterocycles. The van der Waals surface area contributed by atoms with Crippen molar-refractivity contribution in [1.29, 1.82) is 0 Å². The molecule has 2 aliphatic heterocycles. The summed E-state index contributed by atoms with van der Waals surface area (Å²) < 4.78 is 11.2. The Kier molecular flexibility index (Phi) is 5.75. The normalized spacial score (nSPS) is 30.9. The maximum atomic E-state index is 5.71. The maximum Gasteiger partial charge on any atom is 0.0576 e. The SMILES string of the molecule is CCCNC(CCC1CCCO1)C1CCOC1. The molecule has 0 aromatic carbocycles. The highest BCUT2D eigenvalue weighted by atomic mass is 16.5. The number of rotatable bonds is 7. The van der Waals surface area contributed by atoms with E-state index in [0.717, 1.165) is 32.3 Å². The Hall–Kier alpha value is -0.120. The predicted octanol–water partition coefficient (Wildman–Crippen LogP) is 2.35. The number of nitrogens with one attached hydrogen (secondary N) is 1. The standard InChI is InChI=1S/C14H27NO2/c1-2-8-15-14(12-7-10-16-11-12)6-5-13-4-3-9-17-13/h12-15H,2-11H2,1H3. The van der Waals surface area contributed by atoms with Crippen molar-refractivity contribution in [3.8, 4) is 0 Å². The Morgan fingerprint density at radius 2 is 2.24 bits per heavy atom. The van der Waals surface area contributed by atoms with Crippen LogP contribution in [0.15, 0.2) is 0 Å². The van der Waals surface area contributed by atoms with E-state index in [0.29, 0.717) is 12.1 Å². The fraction of sp³-hybridized carbons (Fsp3) is 1.00. The van der Waals surface area contributed by atoms with Gasteiger partial charge in [-0.15, -0.1) is 0 Å². The highest BCUT2D eigenvalue weighted by Gasteiger charge is 2.26. The maximum absolute atomic E-state index is 5.71. The zero-order valence-corrected chi connectivity index (χ0v) is 11.1. The summed E-state index contributed by atoms with van der Waals surface area (Å²) in [4.78, 5) is 0. The molecule has 0 bridgehead atoms. The van der Waals surface area contributed by atoms with Gasteiger partial charge < -0.3 is 14.8 Å². The highest BCUT2D eigenvalue weighted by molar-refractivity contribution is 4.81. The first-order valence-corrected chi connectivity index (χ1v) is 7.33. The van der Waals surface area contributed by atoms with Gasteiger partial charge in [-0.2, -0.15) is 0 Å². The molecule has 0 aromatic heterocycles. The van der Waals surface area contributed by atoms with Gasteiger partial charge in [0.2, 0.25) is 0 Å². The highest BCUT2D eigenvalue weighted by Crippen LogP contribution is 2.23. The van der Waals surface area contributed by atoms with Gasteiger partial charge in [-0.3, -0.25) is 0 Å². The second-order valence-corrected chi connectivity index (χ2v) is 5.40. The smallest absolute Gasteiger partial charge is 0.0576 e. The molecule has 0 saturated carbocycles. The van der Waals surface area contributed by atoms with E-state index in [1.54, 1.807) is 0 Å². The largest absolute Gasteiger partial charge is 0.381 e. The molecule has 0 spiro atoms. The molecule has 100 valence electrons. The molecular formula is C14H27NO2. The van der Waals surface area contributed by atoms with E-state index in [2.05, 4.69) is 12.2 Å². The van der Waals surface area contributed by atoms with Crippen LogP contribution in [0.25, 0.3) is 0 Å². The number of hydrogen-bond donors (Lipinski definition) is 1. The Morgan fingerprint density at radius 3 is 2.88 bits per heavy atom. The Balaban J connectivity index is 1.72. The molecule has 3 unspecified atom stereocenters. The third-order valence-electron chi connectivity index (χ3n) is 4.01. The molecule has 2 heterocycles. The van der Waals surface area contributed by atoms with Crippen molar-refractivity contribution in [1.82, 2.24) is 5.32 Å². The first-order chi connectivity index (χ1) is 8.40. The minimum absolute atomic E-state index is 0.531. The van der Waals surface area contributed by atoms with Crippen LogP contribution >= 0.6 is 0 Å². The van der Waals surface area contributed by atoms with Gasteiger partial charge in [-0.1, -0.05) is 6.92 Å². The molecule has 17 heavy (non-hydrogen) atoms. The molecule has 0 aliphatic carbocycles. The molecule has 0 aromatic rings. The van der Waals surface area contributed by atoms with Gasteiger partial charge in [-0.05, 0) is 51.0 Å². The lowest BCUT2D eigenvalue weighted by Crippen LogP contribution is -2.37. The summed E-state index contributed by atoms with van der Waals surface area (Å²) in [7, 11) is 0. The third kappa shape index (κ3) is 4.23. The Bertz CT molecular complexity index is 198. The topological polar surface area (TPSA) is 30.5 Å². The second-order valence-electron chi connectivity index (χ2n) is 5.40. The summed E-state index contributed by atoms with van der Waals surface area (Å²) in [5.74, 6) is 0.725. The van der Waals surface area contributed by atoms with Crippen molar-refractivity contribution in [3.63, 3.8) is 0 Å². The van der Waals surface area contributed by atoms with Gasteiger partial charge in [0.15, 0.2) is 0 Å². The summed E-state index contributed by atoms with van der Waals surface area (Å²) in [6.07, 6.45) is 7.96. The van der Waals surface area contributed by atoms with Crippen LogP contribution in [-0.4, -0.2) is 38.5 Å². The van der Waals surface area contributed by atoms with Gasteiger partial charge in [0.05, 0.1) is 12.7 Å². The van der Waals surface area contributed by atoms with Gasteiger partial charge in [0, 0.05) is 19.3 Å². The van der Waals surface area contributed by atoms with Gasteiger partial charge in [0.25, 0.3) is 0 Å². The van der Waals surface area contributed by atoms with Crippen LogP contribution in [0.2, 0.25) is 0 Å². The molecule has 3 heteroatoms. The zero-order chi connectivity index (χ0) is 11.9. The van der Waals surface area contributed by atoms with Crippen LogP contribution in [0, 0.1) is 5.92 Å². The molecular weight excluding hydrogens is 214 g/mol. The van der Waals surface area contributed by atoms with Crippen molar-refractivity contribution in [3.05, 3.63) is 0 Å². The van der Waals surface area contributed by atoms with Crippen molar-refractivity contribution < 1.29 is 9.47 Å². The van der Waals surface area contributed by atoms with Crippen molar-refractivity contribution in [2.24, 2.45) is 5.92 Å². The molecule has 3 nitrogen and oxygen atoms in total. The van der Waals surface area contributed by atoms with Crippen molar-refractivity contribution in [2.75, 3.05) is 26.4 Å². The van der Waals surface area contributed by atoms with Crippen LogP contribution in [0.1, 0.15) is 45.4 Å². The molecule has 2 fully saturated rings. The second kappa shape index (κ2) is 7.34. The van der Waals surface area contributed by atoms with Crippen LogP contribution in [-0.2, 0) is 9.47 Å². The van der Waals surface area contributed by atoms with E-state index in [1.165, 1.54) is 38.5 Å². The zero-order valence-electron chi connectivity index (χ0n) is 11.1. The summed E-state index contributed by atoms with van der Waals surface area (Å²) in [5.41, 5.74) is 0. The van der Waals surface area contributed by atoms with E-state index in [-0.39, 0.29) is 0 Å². The van der Waals surface area contributed by atoms with Crippen LogP contribution in [0.4, 0.5) is 0 Å². The summed E-state index contributed by atoms with van der Waals surface area (Å²) in [6.45, 7) is 6.24. The van der Waals surface area contributed by atoms with Crippen LogP contribution in [0.3, 0.4) is 0 Å². The average molecular weight is 241 g/mol. The monoisotopic (exact) mass is 241 g/mol. The van der Waals surface area contributed by atoms with Crippen LogP contribution < -0.4 is 5.32 Å². The minimum Gasteiger partial charge on any atom is -0.381 e. The predicted molar refractivity (Wildman–Crippen MR) is 69.2 cm³/mol. The van der Waals surface area contributed by atoms with E-state index in [1.807, 2.05) is 0 Å². The lowest BCUT2D eigenvalue weighted by molar-refractivity contribution is 0.0959. The van der Waals surface area contributed by atoms with Gasteiger partial charge in [-0.25, -0.2) is 0 Å². The first-order valence-electron chi connectivity index (χ1n) is 7.33. The fourth-order valence-corrected chi connectivity index (χ4v) is 2.94. The van der Waals surface area contributed by atoms with Crippen molar-refractivity contribution >= 4 is 0 Å². The van der Waals surface area contributed by atoms with E-state index >= 15 is 0 Å². The number of ether oxygens (including phenoxy) is 2. The first kappa shape index (κ1) is 13.3. The lowest BCUT2D eigenvalue weighted by Gasteiger charge is -2.25. The average Bonchev–Trinajstić information content (AvgIpc) is 3.01. The van der Waals surface area contributed by atoms with Crippen molar-refractivity contribution in [2.45, 2.75) is 57.6 Å². The molecule has 0 radical (unpaired) electrons. The minimum atomic E-state index is 0.531. The molecule has 3 atom stereocenters.